The van der Waals surface area contributed by atoms with Gasteiger partial charge >= 0.3 is 0 Å². The molecule has 0 aliphatic carbocycles. The molecule has 1 saturated heterocycles. The smallest absolute Gasteiger partial charge is 0.266 e. The lowest BCUT2D eigenvalue weighted by Crippen LogP contribution is -2.48. The van der Waals surface area contributed by atoms with Crippen LogP contribution in [0.5, 0.6) is 0 Å². The zero-order valence-electron chi connectivity index (χ0n) is 13.4. The Labute approximate surface area is 148 Å². The molecule has 25 heavy (non-hydrogen) atoms. The van der Waals surface area contributed by atoms with Gasteiger partial charge in [-0.2, -0.15) is 16.9 Å². The van der Waals surface area contributed by atoms with Crippen molar-refractivity contribution in [3.05, 3.63) is 40.9 Å². The lowest BCUT2D eigenvalue weighted by Gasteiger charge is -2.15. The maximum Gasteiger partial charge on any atom is 0.266 e. The van der Waals surface area contributed by atoms with Crippen LogP contribution in [0.25, 0.3) is 11.5 Å². The van der Waals surface area contributed by atoms with E-state index in [0.717, 1.165) is 0 Å². The van der Waals surface area contributed by atoms with Crippen molar-refractivity contribution in [3.8, 4) is 11.5 Å². The van der Waals surface area contributed by atoms with Gasteiger partial charge in [0.05, 0.1) is 12.8 Å². The van der Waals surface area contributed by atoms with Crippen molar-refractivity contribution >= 4 is 23.6 Å². The van der Waals surface area contributed by atoms with Crippen LogP contribution >= 0.6 is 11.8 Å². The van der Waals surface area contributed by atoms with E-state index in [1.165, 1.54) is 17.0 Å². The van der Waals surface area contributed by atoms with Crippen LogP contribution < -0.4 is 16.2 Å². The third kappa shape index (κ3) is 4.50. The van der Waals surface area contributed by atoms with Crippen molar-refractivity contribution in [1.29, 1.82) is 0 Å². The molecule has 1 aliphatic rings. The van der Waals surface area contributed by atoms with Crippen LogP contribution in [0.2, 0.25) is 0 Å². The Hall–Kier alpha value is -2.55. The Bertz CT molecular complexity index is 803. The molecule has 2 aromatic heterocycles. The van der Waals surface area contributed by atoms with E-state index in [1.54, 1.807) is 30.0 Å². The van der Waals surface area contributed by atoms with E-state index in [-0.39, 0.29) is 30.5 Å². The van der Waals surface area contributed by atoms with Crippen molar-refractivity contribution in [3.63, 3.8) is 0 Å². The molecule has 1 aliphatic heterocycles. The highest BCUT2D eigenvalue weighted by Gasteiger charge is 2.23. The third-order valence-electron chi connectivity index (χ3n) is 3.67. The molecule has 0 saturated carbocycles. The summed E-state index contributed by atoms with van der Waals surface area (Å²) in [6.07, 6.45) is 1.96. The molecule has 0 radical (unpaired) electrons. The summed E-state index contributed by atoms with van der Waals surface area (Å²) < 4.78 is 6.54. The van der Waals surface area contributed by atoms with Gasteiger partial charge in [0.15, 0.2) is 5.76 Å². The quantitative estimate of drug-likeness (QED) is 0.789. The topological polar surface area (TPSA) is 106 Å². The summed E-state index contributed by atoms with van der Waals surface area (Å²) in [6.45, 7) is 0.470. The fourth-order valence-electron chi connectivity index (χ4n) is 2.39. The van der Waals surface area contributed by atoms with Crippen molar-refractivity contribution < 1.29 is 14.0 Å². The summed E-state index contributed by atoms with van der Waals surface area (Å²) in [5.41, 5.74) is 0.284. The first-order valence-corrected chi connectivity index (χ1v) is 9.06. The monoisotopic (exact) mass is 362 g/mol. The molecule has 8 nitrogen and oxygen atoms in total. The maximum atomic E-state index is 12.2. The zero-order valence-corrected chi connectivity index (χ0v) is 14.3. The molecule has 0 unspecified atom stereocenters. The van der Waals surface area contributed by atoms with E-state index in [0.29, 0.717) is 29.4 Å². The maximum absolute atomic E-state index is 12.2. The number of thioether (sulfide) groups is 1. The van der Waals surface area contributed by atoms with Crippen LogP contribution in [0.1, 0.15) is 6.42 Å². The van der Waals surface area contributed by atoms with Gasteiger partial charge in [0.2, 0.25) is 11.8 Å². The highest BCUT2D eigenvalue weighted by molar-refractivity contribution is 7.99. The molecule has 0 spiro atoms. The lowest BCUT2D eigenvalue weighted by molar-refractivity contribution is -0.128. The Balaban J connectivity index is 1.58. The summed E-state index contributed by atoms with van der Waals surface area (Å²) in [5, 5.41) is 9.67. The van der Waals surface area contributed by atoms with E-state index >= 15 is 0 Å². The van der Waals surface area contributed by atoms with Crippen LogP contribution in [0, 0.1) is 0 Å². The average Bonchev–Trinajstić information content (AvgIpc) is 3.05. The highest BCUT2D eigenvalue weighted by Crippen LogP contribution is 2.15. The van der Waals surface area contributed by atoms with E-state index in [1.807, 2.05) is 0 Å². The summed E-state index contributed by atoms with van der Waals surface area (Å²) in [4.78, 5) is 35.6. The Morgan fingerprint density at radius 2 is 2.28 bits per heavy atom. The summed E-state index contributed by atoms with van der Waals surface area (Å²) >= 11 is 1.57. The lowest BCUT2D eigenvalue weighted by atomic mass is 10.3. The molecule has 9 heteroatoms. The number of furan rings is 1. The van der Waals surface area contributed by atoms with Gasteiger partial charge in [0.1, 0.15) is 11.7 Å². The molecule has 1 atom stereocenters. The Morgan fingerprint density at radius 1 is 1.40 bits per heavy atom. The summed E-state index contributed by atoms with van der Waals surface area (Å²) in [6, 6.07) is 5.96. The molecule has 132 valence electrons. The van der Waals surface area contributed by atoms with E-state index in [2.05, 4.69) is 15.7 Å². The zero-order chi connectivity index (χ0) is 17.6. The second-order valence-electron chi connectivity index (χ2n) is 5.49. The minimum absolute atomic E-state index is 0.116. The minimum Gasteiger partial charge on any atom is -0.463 e. The number of rotatable bonds is 5. The molecular formula is C16H18N4O4S. The number of hydrogen-bond acceptors (Lipinski definition) is 6. The predicted octanol–water partition coefficient (Wildman–Crippen LogP) is 0.241. The SMILES string of the molecule is O=C1CCSC[C@@H](C(=O)NCCn2nc(-c3ccco3)ccc2=O)N1. The van der Waals surface area contributed by atoms with Crippen molar-refractivity contribution in [2.45, 2.75) is 19.0 Å². The Morgan fingerprint density at radius 3 is 3.08 bits per heavy atom. The van der Waals surface area contributed by atoms with Crippen molar-refractivity contribution in [1.82, 2.24) is 20.4 Å². The van der Waals surface area contributed by atoms with Crippen molar-refractivity contribution in [2.75, 3.05) is 18.1 Å². The van der Waals surface area contributed by atoms with E-state index < -0.39 is 6.04 Å². The number of aromatic nitrogens is 2. The van der Waals surface area contributed by atoms with Gasteiger partial charge in [0, 0.05) is 30.5 Å². The first kappa shape index (κ1) is 17.3. The van der Waals surface area contributed by atoms with Crippen LogP contribution in [0.3, 0.4) is 0 Å². The highest BCUT2D eigenvalue weighted by atomic mass is 32.2. The van der Waals surface area contributed by atoms with Crippen LogP contribution in [0.15, 0.2) is 39.7 Å². The second kappa shape index (κ2) is 8.02. The van der Waals surface area contributed by atoms with E-state index in [9.17, 15) is 14.4 Å². The molecule has 2 N–H and O–H groups in total. The standard InChI is InChI=1S/C16H18N4O4S/c21-14-5-9-25-10-12(18-14)16(23)17-6-7-20-15(22)4-3-11(19-20)13-2-1-8-24-13/h1-4,8,12H,5-7,9-10H2,(H,17,23)(H,18,21)/t12-/m0/s1. The molecule has 2 amide bonds. The average molecular weight is 362 g/mol. The third-order valence-corrected chi connectivity index (χ3v) is 4.73. The van der Waals surface area contributed by atoms with Gasteiger partial charge in [-0.1, -0.05) is 0 Å². The van der Waals surface area contributed by atoms with Gasteiger partial charge in [0.25, 0.3) is 5.56 Å². The summed E-state index contributed by atoms with van der Waals surface area (Å²) in [7, 11) is 0. The molecule has 0 bridgehead atoms. The van der Waals surface area contributed by atoms with Gasteiger partial charge in [-0.15, -0.1) is 0 Å². The van der Waals surface area contributed by atoms with Crippen LogP contribution in [0.4, 0.5) is 0 Å². The summed E-state index contributed by atoms with van der Waals surface area (Å²) in [5.74, 6) is 1.46. The van der Waals surface area contributed by atoms with Gasteiger partial charge in [-0.3, -0.25) is 14.4 Å². The molecule has 1 fully saturated rings. The molecule has 0 aromatic carbocycles. The second-order valence-corrected chi connectivity index (χ2v) is 6.64. The van der Waals surface area contributed by atoms with Crippen molar-refractivity contribution in [2.24, 2.45) is 0 Å². The fourth-order valence-corrected chi connectivity index (χ4v) is 3.36. The number of carbonyl (C=O) groups is 2. The number of nitrogens with zero attached hydrogens (tertiary/aromatic N) is 2. The molecule has 3 heterocycles. The van der Waals surface area contributed by atoms with Crippen LogP contribution in [-0.4, -0.2) is 45.7 Å². The molecule has 2 aromatic rings. The largest absolute Gasteiger partial charge is 0.463 e. The number of carbonyl (C=O) groups excluding carboxylic acids is 2. The minimum atomic E-state index is -0.542. The van der Waals surface area contributed by atoms with Gasteiger partial charge in [-0.25, -0.2) is 4.68 Å². The number of amides is 2. The van der Waals surface area contributed by atoms with Gasteiger partial charge in [-0.05, 0) is 18.2 Å². The Kier molecular flexibility index (Phi) is 5.54. The fraction of sp³-hybridized carbons (Fsp3) is 0.375. The number of nitrogens with one attached hydrogen (secondary N) is 2. The van der Waals surface area contributed by atoms with E-state index in [4.69, 9.17) is 4.42 Å². The van der Waals surface area contributed by atoms with Crippen LogP contribution in [-0.2, 0) is 16.1 Å². The first-order valence-electron chi connectivity index (χ1n) is 7.90. The normalized spacial score (nSPS) is 17.6. The molecular weight excluding hydrogens is 344 g/mol. The van der Waals surface area contributed by atoms with Gasteiger partial charge < -0.3 is 15.1 Å². The first-order chi connectivity index (χ1) is 12.1. The molecule has 3 rings (SSSR count). The predicted molar refractivity (Wildman–Crippen MR) is 93.1 cm³/mol. The number of hydrogen-bond donors (Lipinski definition) is 2.